The Morgan fingerprint density at radius 1 is 1.64 bits per heavy atom. The first-order valence-electron chi connectivity index (χ1n) is 4.77. The van der Waals surface area contributed by atoms with E-state index < -0.39 is 0 Å². The van der Waals surface area contributed by atoms with Crippen LogP contribution in [0.3, 0.4) is 0 Å². The quantitative estimate of drug-likeness (QED) is 0.813. The number of hydrogen-bond acceptors (Lipinski definition) is 4. The number of aryl methyl sites for hydroxylation is 1. The summed E-state index contributed by atoms with van der Waals surface area (Å²) in [6, 6.07) is -0.122. The zero-order valence-electron chi connectivity index (χ0n) is 8.19. The summed E-state index contributed by atoms with van der Waals surface area (Å²) in [6.45, 7) is 2.77. The molecule has 0 bridgehead atoms. The summed E-state index contributed by atoms with van der Waals surface area (Å²) in [4.78, 5) is 5.30. The van der Waals surface area contributed by atoms with Gasteiger partial charge in [-0.15, -0.1) is 11.3 Å². The zero-order valence-corrected chi connectivity index (χ0v) is 9.01. The lowest BCUT2D eigenvalue weighted by atomic mass is 10.1. The number of thiazole rings is 1. The summed E-state index contributed by atoms with van der Waals surface area (Å²) in [5.74, 6) is 0.906. The number of ether oxygens (including phenoxy) is 1. The Hall–Kier alpha value is -0.870. The van der Waals surface area contributed by atoms with Crippen molar-refractivity contribution < 1.29 is 4.74 Å². The van der Waals surface area contributed by atoms with Gasteiger partial charge < -0.3 is 10.5 Å². The Bertz CT molecular complexity index is 346. The van der Waals surface area contributed by atoms with Gasteiger partial charge >= 0.3 is 0 Å². The van der Waals surface area contributed by atoms with E-state index in [0.717, 1.165) is 35.8 Å². The fourth-order valence-corrected chi connectivity index (χ4v) is 2.34. The van der Waals surface area contributed by atoms with E-state index in [-0.39, 0.29) is 6.04 Å². The second kappa shape index (κ2) is 4.11. The Labute approximate surface area is 87.6 Å². The first-order chi connectivity index (χ1) is 6.79. The van der Waals surface area contributed by atoms with Crippen LogP contribution in [0.4, 0.5) is 0 Å². The van der Waals surface area contributed by atoms with E-state index in [1.165, 1.54) is 0 Å². The van der Waals surface area contributed by atoms with Gasteiger partial charge in [-0.2, -0.15) is 0 Å². The monoisotopic (exact) mass is 210 g/mol. The molecule has 0 saturated heterocycles. The van der Waals surface area contributed by atoms with Crippen LogP contribution in [0.5, 0.6) is 0 Å². The highest BCUT2D eigenvalue weighted by atomic mass is 32.1. The molecule has 0 fully saturated rings. The number of nitrogens with zero attached hydrogens (tertiary/aromatic N) is 1. The maximum Gasteiger partial charge on any atom is 0.114 e. The average Bonchev–Trinajstić information content (AvgIpc) is 2.65. The van der Waals surface area contributed by atoms with Crippen molar-refractivity contribution in [2.24, 2.45) is 5.73 Å². The van der Waals surface area contributed by atoms with Crippen LogP contribution in [0.1, 0.15) is 29.5 Å². The second-order valence-electron chi connectivity index (χ2n) is 3.38. The van der Waals surface area contributed by atoms with Gasteiger partial charge in [-0.3, -0.25) is 0 Å². The van der Waals surface area contributed by atoms with E-state index in [0.29, 0.717) is 0 Å². The van der Waals surface area contributed by atoms with Gasteiger partial charge in [-0.05, 0) is 25.8 Å². The smallest absolute Gasteiger partial charge is 0.114 e. The van der Waals surface area contributed by atoms with Gasteiger partial charge in [0.05, 0.1) is 28.7 Å². The molecule has 0 radical (unpaired) electrons. The molecule has 1 aliphatic heterocycles. The van der Waals surface area contributed by atoms with Crippen LogP contribution in [0, 0.1) is 6.92 Å². The van der Waals surface area contributed by atoms with Gasteiger partial charge in [0.15, 0.2) is 0 Å². The minimum Gasteiger partial charge on any atom is -0.496 e. The molecule has 0 spiro atoms. The van der Waals surface area contributed by atoms with Crippen LogP contribution in [-0.2, 0) is 4.74 Å². The van der Waals surface area contributed by atoms with Crippen molar-refractivity contribution in [3.63, 3.8) is 0 Å². The predicted molar refractivity (Wildman–Crippen MR) is 57.0 cm³/mol. The van der Waals surface area contributed by atoms with Crippen LogP contribution < -0.4 is 5.73 Å². The van der Waals surface area contributed by atoms with Crippen molar-refractivity contribution in [1.82, 2.24) is 4.98 Å². The van der Waals surface area contributed by atoms with E-state index in [1.807, 2.05) is 12.4 Å². The molecule has 2 N–H and O–H groups in total. The molecule has 3 nitrogen and oxygen atoms in total. The van der Waals surface area contributed by atoms with Crippen molar-refractivity contribution in [1.29, 1.82) is 0 Å². The molecule has 1 unspecified atom stereocenters. The summed E-state index contributed by atoms with van der Waals surface area (Å²) >= 11 is 1.59. The van der Waals surface area contributed by atoms with Crippen LogP contribution in [0.25, 0.3) is 0 Å². The van der Waals surface area contributed by atoms with Gasteiger partial charge in [0.1, 0.15) is 5.76 Å². The Morgan fingerprint density at radius 2 is 2.50 bits per heavy atom. The lowest BCUT2D eigenvalue weighted by molar-refractivity contribution is 0.176. The molecular weight excluding hydrogens is 196 g/mol. The van der Waals surface area contributed by atoms with Gasteiger partial charge in [-0.25, -0.2) is 4.98 Å². The second-order valence-corrected chi connectivity index (χ2v) is 4.26. The molecule has 0 aromatic carbocycles. The minimum atomic E-state index is -0.122. The van der Waals surface area contributed by atoms with E-state index in [4.69, 9.17) is 10.5 Å². The Balaban J connectivity index is 2.19. The van der Waals surface area contributed by atoms with E-state index >= 15 is 0 Å². The number of aromatic nitrogens is 1. The zero-order chi connectivity index (χ0) is 9.97. The molecule has 2 heterocycles. The van der Waals surface area contributed by atoms with E-state index in [9.17, 15) is 0 Å². The molecule has 0 amide bonds. The molecule has 2 rings (SSSR count). The maximum absolute atomic E-state index is 6.09. The standard InChI is InChI=1S/C10H14N2OS/c1-7-10(14-6-12-7)9(11)8-4-2-3-5-13-8/h4,6,9H,2-3,5,11H2,1H3. The molecule has 76 valence electrons. The fourth-order valence-electron chi connectivity index (χ4n) is 1.53. The predicted octanol–water partition coefficient (Wildman–Crippen LogP) is 2.15. The average molecular weight is 210 g/mol. The lowest BCUT2D eigenvalue weighted by Crippen LogP contribution is -2.17. The van der Waals surface area contributed by atoms with Gasteiger partial charge in [-0.1, -0.05) is 0 Å². The molecular formula is C10H14N2OS. The Kier molecular flexibility index (Phi) is 2.84. The van der Waals surface area contributed by atoms with Crippen LogP contribution in [-0.4, -0.2) is 11.6 Å². The first kappa shape index (κ1) is 9.68. The molecule has 14 heavy (non-hydrogen) atoms. The Morgan fingerprint density at radius 3 is 3.07 bits per heavy atom. The summed E-state index contributed by atoms with van der Waals surface area (Å²) < 4.78 is 5.53. The summed E-state index contributed by atoms with van der Waals surface area (Å²) in [5, 5.41) is 0. The van der Waals surface area contributed by atoms with Crippen LogP contribution in [0.2, 0.25) is 0 Å². The van der Waals surface area contributed by atoms with Crippen LogP contribution >= 0.6 is 11.3 Å². The van der Waals surface area contributed by atoms with E-state index in [1.54, 1.807) is 11.3 Å². The minimum absolute atomic E-state index is 0.122. The van der Waals surface area contributed by atoms with E-state index in [2.05, 4.69) is 11.1 Å². The highest BCUT2D eigenvalue weighted by molar-refractivity contribution is 7.09. The molecule has 0 aliphatic carbocycles. The van der Waals surface area contributed by atoms with Crippen molar-refractivity contribution in [2.45, 2.75) is 25.8 Å². The third kappa shape index (κ3) is 1.81. The van der Waals surface area contributed by atoms with Crippen molar-refractivity contribution in [2.75, 3.05) is 6.61 Å². The van der Waals surface area contributed by atoms with Gasteiger partial charge in [0.25, 0.3) is 0 Å². The summed E-state index contributed by atoms with van der Waals surface area (Å²) in [6.07, 6.45) is 4.26. The molecule has 1 atom stereocenters. The third-order valence-corrected chi connectivity index (χ3v) is 3.35. The molecule has 1 aromatic heterocycles. The van der Waals surface area contributed by atoms with Gasteiger partial charge in [0, 0.05) is 0 Å². The SMILES string of the molecule is Cc1ncsc1C(N)C1=CCCCO1. The molecule has 4 heteroatoms. The number of rotatable bonds is 2. The fraction of sp³-hybridized carbons (Fsp3) is 0.500. The lowest BCUT2D eigenvalue weighted by Gasteiger charge is -2.19. The summed E-state index contributed by atoms with van der Waals surface area (Å²) in [7, 11) is 0. The van der Waals surface area contributed by atoms with Crippen molar-refractivity contribution in [3.8, 4) is 0 Å². The topological polar surface area (TPSA) is 48.1 Å². The first-order valence-corrected chi connectivity index (χ1v) is 5.65. The highest BCUT2D eigenvalue weighted by Gasteiger charge is 2.18. The van der Waals surface area contributed by atoms with Crippen LogP contribution in [0.15, 0.2) is 17.3 Å². The third-order valence-electron chi connectivity index (χ3n) is 2.33. The largest absolute Gasteiger partial charge is 0.496 e. The highest BCUT2D eigenvalue weighted by Crippen LogP contribution is 2.28. The molecule has 0 saturated carbocycles. The molecule has 1 aromatic rings. The maximum atomic E-state index is 6.09. The van der Waals surface area contributed by atoms with Crippen molar-refractivity contribution in [3.05, 3.63) is 27.9 Å². The number of nitrogens with two attached hydrogens (primary N) is 1. The normalized spacial score (nSPS) is 18.6. The number of hydrogen-bond donors (Lipinski definition) is 1. The molecule has 1 aliphatic rings. The van der Waals surface area contributed by atoms with Crippen molar-refractivity contribution >= 4 is 11.3 Å². The number of allylic oxidation sites excluding steroid dienone is 1. The van der Waals surface area contributed by atoms with Gasteiger partial charge in [0.2, 0.25) is 0 Å². The summed E-state index contributed by atoms with van der Waals surface area (Å²) in [5.41, 5.74) is 8.93.